The molecule has 0 radical (unpaired) electrons. The molecular formula is C20H18N4O5. The number of fused-ring (bicyclic) bond motifs is 3. The highest BCUT2D eigenvalue weighted by Gasteiger charge is 2.53. The van der Waals surface area contributed by atoms with Gasteiger partial charge in [0, 0.05) is 24.2 Å². The van der Waals surface area contributed by atoms with Gasteiger partial charge in [0.1, 0.15) is 12.2 Å². The van der Waals surface area contributed by atoms with Gasteiger partial charge in [-0.15, -0.1) is 0 Å². The van der Waals surface area contributed by atoms with Crippen LogP contribution < -0.4 is 10.2 Å². The molecule has 2 aliphatic rings. The average molecular weight is 394 g/mol. The van der Waals surface area contributed by atoms with Gasteiger partial charge in [-0.2, -0.15) is 0 Å². The molecule has 2 aromatic rings. The molecule has 0 bridgehead atoms. The van der Waals surface area contributed by atoms with E-state index in [9.17, 15) is 24.5 Å². The third-order valence-corrected chi connectivity index (χ3v) is 5.39. The van der Waals surface area contributed by atoms with E-state index in [4.69, 9.17) is 0 Å². The monoisotopic (exact) mass is 394 g/mol. The number of nitro benzene ring substituents is 1. The zero-order valence-corrected chi connectivity index (χ0v) is 15.6. The van der Waals surface area contributed by atoms with E-state index in [1.54, 1.807) is 36.1 Å². The fraction of sp³-hybridized carbons (Fsp3) is 0.250. The predicted octanol–water partition coefficient (Wildman–Crippen LogP) is 2.53. The number of rotatable bonds is 4. The van der Waals surface area contributed by atoms with Gasteiger partial charge in [0.25, 0.3) is 11.6 Å². The van der Waals surface area contributed by atoms with E-state index >= 15 is 0 Å². The molecule has 9 heteroatoms. The van der Waals surface area contributed by atoms with E-state index in [1.165, 1.54) is 29.2 Å². The minimum atomic E-state index is -0.942. The summed E-state index contributed by atoms with van der Waals surface area (Å²) in [6.45, 7) is 1.49. The van der Waals surface area contributed by atoms with Gasteiger partial charge in [-0.3, -0.25) is 29.4 Å². The minimum absolute atomic E-state index is 0.100. The standard InChI is InChI=1S/C20H18N4O5/c1-20-10-9-18(26)23(20)16-8-3-2-7-15(16)19(27)22(20)12-17(25)21-13-5-4-6-14(11-13)24(28)29/h2-8,11H,9-10,12H2,1H3,(H,21,25). The quantitative estimate of drug-likeness (QED) is 0.632. The first-order valence-electron chi connectivity index (χ1n) is 9.09. The van der Waals surface area contributed by atoms with Crippen molar-refractivity contribution in [3.63, 3.8) is 0 Å². The fourth-order valence-electron chi connectivity index (χ4n) is 3.98. The number of carbonyl (C=O) groups excluding carboxylic acids is 3. The molecule has 0 spiro atoms. The summed E-state index contributed by atoms with van der Waals surface area (Å²) in [5.41, 5.74) is 0.0906. The van der Waals surface area contributed by atoms with Gasteiger partial charge in [0.05, 0.1) is 16.2 Å². The lowest BCUT2D eigenvalue weighted by molar-refractivity contribution is -0.384. The van der Waals surface area contributed by atoms with Gasteiger partial charge in [-0.25, -0.2) is 0 Å². The molecule has 1 fully saturated rings. The topological polar surface area (TPSA) is 113 Å². The van der Waals surface area contributed by atoms with Crippen molar-refractivity contribution < 1.29 is 19.3 Å². The second kappa shape index (κ2) is 6.69. The minimum Gasteiger partial charge on any atom is -0.324 e. The van der Waals surface area contributed by atoms with Gasteiger partial charge in [0.15, 0.2) is 0 Å². The number of nitro groups is 1. The first kappa shape index (κ1) is 18.6. The molecular weight excluding hydrogens is 376 g/mol. The Kier molecular flexibility index (Phi) is 4.30. The number of anilines is 2. The van der Waals surface area contributed by atoms with Crippen LogP contribution in [0.25, 0.3) is 0 Å². The van der Waals surface area contributed by atoms with Crippen LogP contribution in [0, 0.1) is 10.1 Å². The molecule has 0 saturated carbocycles. The Morgan fingerprint density at radius 1 is 1.21 bits per heavy atom. The normalized spacial score (nSPS) is 20.3. The van der Waals surface area contributed by atoms with Gasteiger partial charge in [-0.1, -0.05) is 18.2 Å². The Labute approximate surface area is 166 Å². The second-order valence-electron chi connectivity index (χ2n) is 7.21. The van der Waals surface area contributed by atoms with Crippen molar-refractivity contribution in [3.8, 4) is 0 Å². The number of para-hydroxylation sites is 1. The number of carbonyl (C=O) groups is 3. The third kappa shape index (κ3) is 3.00. The van der Waals surface area contributed by atoms with E-state index in [-0.39, 0.29) is 36.2 Å². The van der Waals surface area contributed by atoms with Crippen molar-refractivity contribution in [2.45, 2.75) is 25.4 Å². The Balaban J connectivity index is 1.62. The van der Waals surface area contributed by atoms with Crippen LogP contribution in [0.1, 0.15) is 30.1 Å². The van der Waals surface area contributed by atoms with Gasteiger partial charge in [-0.05, 0) is 31.5 Å². The number of non-ortho nitro benzene ring substituents is 1. The van der Waals surface area contributed by atoms with Crippen molar-refractivity contribution in [1.82, 2.24) is 4.90 Å². The molecule has 2 aromatic carbocycles. The molecule has 0 aromatic heterocycles. The molecule has 2 aliphatic heterocycles. The van der Waals surface area contributed by atoms with Crippen LogP contribution in [0.3, 0.4) is 0 Å². The van der Waals surface area contributed by atoms with Crippen molar-refractivity contribution in [3.05, 3.63) is 64.2 Å². The van der Waals surface area contributed by atoms with E-state index in [0.717, 1.165) is 0 Å². The largest absolute Gasteiger partial charge is 0.324 e. The lowest BCUT2D eigenvalue weighted by atomic mass is 9.98. The van der Waals surface area contributed by atoms with Gasteiger partial charge >= 0.3 is 0 Å². The lowest BCUT2D eigenvalue weighted by Crippen LogP contribution is -2.63. The molecule has 1 unspecified atom stereocenters. The average Bonchev–Trinajstić information content (AvgIpc) is 3.01. The van der Waals surface area contributed by atoms with Crippen LogP contribution in [0.4, 0.5) is 17.1 Å². The second-order valence-corrected chi connectivity index (χ2v) is 7.21. The van der Waals surface area contributed by atoms with Crippen molar-refractivity contribution in [2.24, 2.45) is 0 Å². The Morgan fingerprint density at radius 2 is 1.97 bits per heavy atom. The molecule has 148 valence electrons. The first-order chi connectivity index (χ1) is 13.8. The molecule has 3 amide bonds. The maximum absolute atomic E-state index is 13.1. The van der Waals surface area contributed by atoms with Crippen LogP contribution in [0.2, 0.25) is 0 Å². The van der Waals surface area contributed by atoms with E-state index in [0.29, 0.717) is 17.7 Å². The number of benzene rings is 2. The van der Waals surface area contributed by atoms with Crippen LogP contribution >= 0.6 is 0 Å². The molecule has 9 nitrogen and oxygen atoms in total. The third-order valence-electron chi connectivity index (χ3n) is 5.39. The summed E-state index contributed by atoms with van der Waals surface area (Å²) in [5, 5.41) is 13.5. The lowest BCUT2D eigenvalue weighted by Gasteiger charge is -2.48. The maximum atomic E-state index is 13.1. The summed E-state index contributed by atoms with van der Waals surface area (Å²) in [7, 11) is 0. The molecule has 29 heavy (non-hydrogen) atoms. The van der Waals surface area contributed by atoms with E-state index < -0.39 is 16.5 Å². The Hall–Kier alpha value is -3.75. The van der Waals surface area contributed by atoms with E-state index in [2.05, 4.69) is 5.32 Å². The zero-order chi connectivity index (χ0) is 20.8. The molecule has 1 atom stereocenters. The zero-order valence-electron chi connectivity index (χ0n) is 15.6. The Morgan fingerprint density at radius 3 is 2.72 bits per heavy atom. The number of nitrogens with zero attached hydrogens (tertiary/aromatic N) is 3. The highest BCUT2D eigenvalue weighted by Crippen LogP contribution is 2.43. The predicted molar refractivity (Wildman–Crippen MR) is 104 cm³/mol. The van der Waals surface area contributed by atoms with E-state index in [1.807, 2.05) is 0 Å². The number of amides is 3. The SMILES string of the molecule is CC12CCC(=O)N1c1ccccc1C(=O)N2CC(=O)Nc1cccc([N+](=O)[O-])c1. The van der Waals surface area contributed by atoms with Gasteiger partial charge < -0.3 is 10.2 Å². The van der Waals surface area contributed by atoms with Gasteiger partial charge in [0.2, 0.25) is 11.8 Å². The summed E-state index contributed by atoms with van der Waals surface area (Å²) < 4.78 is 0. The molecule has 1 saturated heterocycles. The van der Waals surface area contributed by atoms with Crippen molar-refractivity contribution in [2.75, 3.05) is 16.8 Å². The summed E-state index contributed by atoms with van der Waals surface area (Å²) in [4.78, 5) is 51.7. The summed E-state index contributed by atoms with van der Waals surface area (Å²) in [6, 6.07) is 12.4. The molecule has 0 aliphatic carbocycles. The van der Waals surface area contributed by atoms with Crippen LogP contribution in [-0.4, -0.2) is 39.8 Å². The first-order valence-corrected chi connectivity index (χ1v) is 9.09. The summed E-state index contributed by atoms with van der Waals surface area (Å²) in [5.74, 6) is -0.932. The summed E-state index contributed by atoms with van der Waals surface area (Å²) >= 11 is 0. The van der Waals surface area contributed by atoms with Crippen molar-refractivity contribution in [1.29, 1.82) is 0 Å². The highest BCUT2D eigenvalue weighted by molar-refractivity contribution is 6.11. The van der Waals surface area contributed by atoms with Crippen LogP contribution in [-0.2, 0) is 9.59 Å². The van der Waals surface area contributed by atoms with Crippen molar-refractivity contribution >= 4 is 34.8 Å². The molecule has 4 rings (SSSR count). The molecule has 2 heterocycles. The summed E-state index contributed by atoms with van der Waals surface area (Å²) in [6.07, 6.45) is 0.692. The maximum Gasteiger partial charge on any atom is 0.271 e. The van der Waals surface area contributed by atoms with Crippen LogP contribution in [0.15, 0.2) is 48.5 Å². The Bertz CT molecular complexity index is 1050. The smallest absolute Gasteiger partial charge is 0.271 e. The highest BCUT2D eigenvalue weighted by atomic mass is 16.6. The van der Waals surface area contributed by atoms with Crippen LogP contribution in [0.5, 0.6) is 0 Å². The number of hydrogen-bond acceptors (Lipinski definition) is 5. The number of nitrogens with one attached hydrogen (secondary N) is 1. The molecule has 1 N–H and O–H groups in total. The fourth-order valence-corrected chi connectivity index (χ4v) is 3.98. The number of hydrogen-bond donors (Lipinski definition) is 1.